The van der Waals surface area contributed by atoms with Crippen LogP contribution in [-0.4, -0.2) is 17.2 Å². The molecule has 0 aliphatic carbocycles. The van der Waals surface area contributed by atoms with Gasteiger partial charge in [-0.25, -0.2) is 0 Å². The van der Waals surface area contributed by atoms with E-state index >= 15 is 0 Å². The molecule has 68 valence electrons. The molecule has 1 aromatic carbocycles. The number of hydrogen-bond acceptors (Lipinski definition) is 3. The van der Waals surface area contributed by atoms with Gasteiger partial charge in [-0.05, 0) is 35.0 Å². The fraction of sp³-hybridized carbons (Fsp3) is 0.111. The molecule has 0 atom stereocenters. The smallest absolute Gasteiger partial charge is 0.163 e. The van der Waals surface area contributed by atoms with Gasteiger partial charge in [-0.2, -0.15) is 0 Å². The van der Waals surface area contributed by atoms with Gasteiger partial charge in [0, 0.05) is 10.0 Å². The van der Waals surface area contributed by atoms with Crippen LogP contribution in [0.1, 0.15) is 27.6 Å². The summed E-state index contributed by atoms with van der Waals surface area (Å²) in [5, 5.41) is 9.31. The van der Waals surface area contributed by atoms with Crippen molar-refractivity contribution >= 4 is 28.0 Å². The van der Waals surface area contributed by atoms with Crippen LogP contribution in [0.3, 0.4) is 0 Å². The van der Waals surface area contributed by atoms with E-state index < -0.39 is 0 Å². The number of Topliss-reactive ketones (excluding diaryl/α,β-unsaturated/α-hetero) is 1. The highest BCUT2D eigenvalue weighted by Gasteiger charge is 2.10. The molecule has 0 aliphatic rings. The quantitative estimate of drug-likeness (QED) is 0.639. The Morgan fingerprint density at radius 3 is 2.62 bits per heavy atom. The second-order valence-corrected chi connectivity index (χ2v) is 3.42. The predicted molar refractivity (Wildman–Crippen MR) is 51.2 cm³/mol. The Kier molecular flexibility index (Phi) is 2.83. The summed E-state index contributed by atoms with van der Waals surface area (Å²) in [6.45, 7) is 1.33. The SMILES string of the molecule is CC(=O)c1cc(C=O)c(Br)cc1O. The normalized spacial score (nSPS) is 9.69. The first-order valence-electron chi connectivity index (χ1n) is 3.55. The summed E-state index contributed by atoms with van der Waals surface area (Å²) < 4.78 is 0.477. The van der Waals surface area contributed by atoms with Gasteiger partial charge in [0.2, 0.25) is 0 Å². The van der Waals surface area contributed by atoms with Crippen LogP contribution in [0.4, 0.5) is 0 Å². The van der Waals surface area contributed by atoms with E-state index in [9.17, 15) is 14.7 Å². The zero-order valence-electron chi connectivity index (χ0n) is 6.87. The van der Waals surface area contributed by atoms with Crippen LogP contribution in [-0.2, 0) is 0 Å². The van der Waals surface area contributed by atoms with Crippen molar-refractivity contribution in [2.45, 2.75) is 6.92 Å². The fourth-order valence-corrected chi connectivity index (χ4v) is 1.38. The summed E-state index contributed by atoms with van der Waals surface area (Å²) >= 11 is 3.09. The molecule has 13 heavy (non-hydrogen) atoms. The Bertz CT molecular complexity index is 371. The van der Waals surface area contributed by atoms with Gasteiger partial charge >= 0.3 is 0 Å². The van der Waals surface area contributed by atoms with Crippen LogP contribution in [0.15, 0.2) is 16.6 Å². The maximum atomic E-state index is 11.0. The van der Waals surface area contributed by atoms with Gasteiger partial charge in [-0.3, -0.25) is 9.59 Å². The fourth-order valence-electron chi connectivity index (χ4n) is 0.952. The maximum absolute atomic E-state index is 11.0. The van der Waals surface area contributed by atoms with Crippen LogP contribution in [0.5, 0.6) is 5.75 Å². The van der Waals surface area contributed by atoms with Crippen LogP contribution < -0.4 is 0 Å². The van der Waals surface area contributed by atoms with Crippen molar-refractivity contribution in [3.8, 4) is 5.75 Å². The molecule has 0 aromatic heterocycles. The molecule has 4 heteroatoms. The van der Waals surface area contributed by atoms with Gasteiger partial charge in [-0.1, -0.05) is 0 Å². The van der Waals surface area contributed by atoms with Crippen molar-refractivity contribution in [1.29, 1.82) is 0 Å². The Morgan fingerprint density at radius 1 is 1.54 bits per heavy atom. The van der Waals surface area contributed by atoms with Crippen molar-refractivity contribution in [3.63, 3.8) is 0 Å². The first-order valence-corrected chi connectivity index (χ1v) is 4.34. The van der Waals surface area contributed by atoms with Crippen molar-refractivity contribution in [2.24, 2.45) is 0 Å². The van der Waals surface area contributed by atoms with E-state index in [4.69, 9.17) is 0 Å². The Labute approximate surface area is 83.5 Å². The maximum Gasteiger partial charge on any atom is 0.163 e. The number of carbonyl (C=O) groups is 2. The van der Waals surface area contributed by atoms with Crippen molar-refractivity contribution in [1.82, 2.24) is 0 Å². The highest BCUT2D eigenvalue weighted by molar-refractivity contribution is 9.10. The molecule has 1 rings (SSSR count). The minimum Gasteiger partial charge on any atom is -0.507 e. The molecule has 0 unspecified atom stereocenters. The molecule has 0 heterocycles. The van der Waals surface area contributed by atoms with E-state index in [1.165, 1.54) is 19.1 Å². The lowest BCUT2D eigenvalue weighted by atomic mass is 10.1. The summed E-state index contributed by atoms with van der Waals surface area (Å²) in [6.07, 6.45) is 0.621. The van der Waals surface area contributed by atoms with Crippen LogP contribution in [0.2, 0.25) is 0 Å². The van der Waals surface area contributed by atoms with Gasteiger partial charge in [0.25, 0.3) is 0 Å². The van der Waals surface area contributed by atoms with Crippen molar-refractivity contribution < 1.29 is 14.7 Å². The Morgan fingerprint density at radius 2 is 2.15 bits per heavy atom. The standard InChI is InChI=1S/C9H7BrO3/c1-5(12)7-2-6(4-11)8(10)3-9(7)13/h2-4,13H,1H3. The highest BCUT2D eigenvalue weighted by Crippen LogP contribution is 2.25. The highest BCUT2D eigenvalue weighted by atomic mass is 79.9. The molecule has 3 nitrogen and oxygen atoms in total. The molecule has 0 amide bonds. The van der Waals surface area contributed by atoms with E-state index in [1.807, 2.05) is 0 Å². The molecule has 0 spiro atoms. The second kappa shape index (κ2) is 3.70. The third-order valence-corrected chi connectivity index (χ3v) is 2.31. The molecular formula is C9H7BrO3. The average molecular weight is 243 g/mol. The number of aldehydes is 1. The van der Waals surface area contributed by atoms with Crippen LogP contribution >= 0.6 is 15.9 Å². The van der Waals surface area contributed by atoms with Crippen molar-refractivity contribution in [2.75, 3.05) is 0 Å². The molecule has 0 aliphatic heterocycles. The number of ketones is 1. The van der Waals surface area contributed by atoms with Gasteiger partial charge in [0.15, 0.2) is 12.1 Å². The molecule has 1 N–H and O–H groups in total. The summed E-state index contributed by atoms with van der Waals surface area (Å²) in [4.78, 5) is 21.4. The third kappa shape index (κ3) is 1.95. The number of benzene rings is 1. The second-order valence-electron chi connectivity index (χ2n) is 2.56. The average Bonchev–Trinajstić information content (AvgIpc) is 2.03. The van der Waals surface area contributed by atoms with Gasteiger partial charge in [0.05, 0.1) is 5.56 Å². The summed E-state index contributed by atoms with van der Waals surface area (Å²) in [5.74, 6) is -0.391. The van der Waals surface area contributed by atoms with E-state index in [0.717, 1.165) is 0 Å². The van der Waals surface area contributed by atoms with Gasteiger partial charge in [-0.15, -0.1) is 0 Å². The number of phenolic OH excluding ortho intramolecular Hbond substituents is 1. The number of hydrogen-bond donors (Lipinski definition) is 1. The first kappa shape index (κ1) is 9.92. The van der Waals surface area contributed by atoms with Crippen molar-refractivity contribution in [3.05, 3.63) is 27.7 Å². The van der Waals surface area contributed by atoms with Crippen LogP contribution in [0, 0.1) is 0 Å². The number of aromatic hydroxyl groups is 1. The Hall–Kier alpha value is -1.16. The number of rotatable bonds is 2. The molecule has 0 bridgehead atoms. The van der Waals surface area contributed by atoms with Crippen LogP contribution in [0.25, 0.3) is 0 Å². The summed E-state index contributed by atoms with van der Waals surface area (Å²) in [6, 6.07) is 2.69. The topological polar surface area (TPSA) is 54.4 Å². The van der Waals surface area contributed by atoms with E-state index in [0.29, 0.717) is 16.3 Å². The molecule has 0 radical (unpaired) electrons. The monoisotopic (exact) mass is 242 g/mol. The first-order chi connectivity index (χ1) is 6.06. The third-order valence-electron chi connectivity index (χ3n) is 1.62. The Balaban J connectivity index is 3.38. The van der Waals surface area contributed by atoms with Gasteiger partial charge in [0.1, 0.15) is 5.75 Å². The van der Waals surface area contributed by atoms with E-state index in [1.54, 1.807) is 0 Å². The van der Waals surface area contributed by atoms with E-state index in [-0.39, 0.29) is 17.1 Å². The number of phenols is 1. The molecular weight excluding hydrogens is 236 g/mol. The molecule has 1 aromatic rings. The predicted octanol–water partition coefficient (Wildman–Crippen LogP) is 2.17. The summed E-state index contributed by atoms with van der Waals surface area (Å²) in [7, 11) is 0. The molecule has 0 fully saturated rings. The zero-order valence-corrected chi connectivity index (χ0v) is 8.46. The lowest BCUT2D eigenvalue weighted by Gasteiger charge is -2.02. The lowest BCUT2D eigenvalue weighted by Crippen LogP contribution is -1.95. The minimum atomic E-state index is -0.270. The minimum absolute atomic E-state index is 0.120. The largest absolute Gasteiger partial charge is 0.507 e. The van der Waals surface area contributed by atoms with Gasteiger partial charge < -0.3 is 5.11 Å². The lowest BCUT2D eigenvalue weighted by molar-refractivity contribution is 0.101. The molecule has 0 saturated carbocycles. The van der Waals surface area contributed by atoms with E-state index in [2.05, 4.69) is 15.9 Å². The molecule has 0 saturated heterocycles. The zero-order chi connectivity index (χ0) is 10.0. The number of halogens is 1. The summed E-state index contributed by atoms with van der Waals surface area (Å²) in [5.41, 5.74) is 0.508. The number of carbonyl (C=O) groups excluding carboxylic acids is 2.